The molecule has 1 aromatic rings. The Balaban J connectivity index is 3.29. The van der Waals surface area contributed by atoms with Gasteiger partial charge in [0, 0.05) is 5.69 Å². The number of hydrogen-bond acceptors (Lipinski definition) is 1. The monoisotopic (exact) mass is 153 g/mol. The van der Waals surface area contributed by atoms with Gasteiger partial charge in [-0.25, -0.2) is 4.39 Å². The average Bonchev–Trinajstić information content (AvgIpc) is 1.99. The van der Waals surface area contributed by atoms with Crippen LogP contribution in [0.5, 0.6) is 0 Å². The molecule has 0 atom stereocenters. The Bertz CT molecular complexity index is 269. The predicted molar refractivity (Wildman–Crippen MR) is 43.0 cm³/mol. The zero-order valence-electron chi connectivity index (χ0n) is 7.11. The van der Waals surface area contributed by atoms with E-state index in [-0.39, 0.29) is 5.82 Å². The van der Waals surface area contributed by atoms with E-state index in [2.05, 4.69) is 4.98 Å². The van der Waals surface area contributed by atoms with E-state index in [1.165, 1.54) is 6.20 Å². The van der Waals surface area contributed by atoms with E-state index in [1.807, 2.05) is 20.8 Å². The highest BCUT2D eigenvalue weighted by molar-refractivity contribution is 5.28. The molecule has 0 aliphatic carbocycles. The maximum absolute atomic E-state index is 13.0. The van der Waals surface area contributed by atoms with E-state index in [0.29, 0.717) is 0 Å². The smallest absolute Gasteiger partial charge is 0.144 e. The van der Waals surface area contributed by atoms with Crippen molar-refractivity contribution in [3.8, 4) is 0 Å². The fourth-order valence-electron chi connectivity index (χ4n) is 1.16. The Morgan fingerprint density at radius 2 is 2.09 bits per heavy atom. The average molecular weight is 153 g/mol. The third-order valence-corrected chi connectivity index (χ3v) is 2.01. The second-order valence-electron chi connectivity index (χ2n) is 2.65. The lowest BCUT2D eigenvalue weighted by atomic mass is 10.1. The van der Waals surface area contributed by atoms with Gasteiger partial charge < -0.3 is 0 Å². The van der Waals surface area contributed by atoms with Crippen LogP contribution in [0.15, 0.2) is 6.20 Å². The SMILES string of the molecule is CCc1c(F)cnc(C)c1C. The van der Waals surface area contributed by atoms with Gasteiger partial charge in [-0.3, -0.25) is 4.98 Å². The van der Waals surface area contributed by atoms with Gasteiger partial charge >= 0.3 is 0 Å². The van der Waals surface area contributed by atoms with Crippen molar-refractivity contribution in [3.63, 3.8) is 0 Å². The normalized spacial score (nSPS) is 10.2. The van der Waals surface area contributed by atoms with Crippen molar-refractivity contribution >= 4 is 0 Å². The number of aromatic nitrogens is 1. The largest absolute Gasteiger partial charge is 0.258 e. The van der Waals surface area contributed by atoms with Crippen molar-refractivity contribution in [2.45, 2.75) is 27.2 Å². The third kappa shape index (κ3) is 1.39. The first-order chi connectivity index (χ1) is 5.16. The molecule has 0 N–H and O–H groups in total. The lowest BCUT2D eigenvalue weighted by molar-refractivity contribution is 0.601. The molecule has 2 heteroatoms. The maximum atomic E-state index is 13.0. The van der Waals surface area contributed by atoms with Crippen molar-refractivity contribution < 1.29 is 4.39 Å². The molecule has 0 aliphatic heterocycles. The topological polar surface area (TPSA) is 12.9 Å². The Morgan fingerprint density at radius 1 is 1.45 bits per heavy atom. The van der Waals surface area contributed by atoms with Crippen LogP contribution in [-0.2, 0) is 6.42 Å². The zero-order chi connectivity index (χ0) is 8.43. The van der Waals surface area contributed by atoms with Gasteiger partial charge in [0.15, 0.2) is 0 Å². The summed E-state index contributed by atoms with van der Waals surface area (Å²) in [5, 5.41) is 0. The molecule has 1 heterocycles. The van der Waals surface area contributed by atoms with Crippen LogP contribution in [0, 0.1) is 19.7 Å². The van der Waals surface area contributed by atoms with Gasteiger partial charge in [0.05, 0.1) is 6.20 Å². The summed E-state index contributed by atoms with van der Waals surface area (Å²) in [7, 11) is 0. The molecule has 0 saturated carbocycles. The molecule has 0 radical (unpaired) electrons. The standard InChI is InChI=1S/C9H12FN/c1-4-8-6(2)7(3)11-5-9(8)10/h5H,4H2,1-3H3. The quantitative estimate of drug-likeness (QED) is 0.603. The molecule has 0 saturated heterocycles. The first-order valence-corrected chi connectivity index (χ1v) is 3.77. The van der Waals surface area contributed by atoms with Gasteiger partial charge in [-0.05, 0) is 31.4 Å². The molecule has 0 spiro atoms. The summed E-state index contributed by atoms with van der Waals surface area (Å²) >= 11 is 0. The Hall–Kier alpha value is -0.920. The zero-order valence-corrected chi connectivity index (χ0v) is 7.11. The molecular formula is C9H12FN. The van der Waals surface area contributed by atoms with Crippen molar-refractivity contribution in [2.75, 3.05) is 0 Å². The van der Waals surface area contributed by atoms with Gasteiger partial charge in [0.2, 0.25) is 0 Å². The highest BCUT2D eigenvalue weighted by Gasteiger charge is 2.05. The van der Waals surface area contributed by atoms with Crippen molar-refractivity contribution in [1.29, 1.82) is 0 Å². The van der Waals surface area contributed by atoms with Crippen LogP contribution in [0.25, 0.3) is 0 Å². The van der Waals surface area contributed by atoms with Crippen LogP contribution in [-0.4, -0.2) is 4.98 Å². The highest BCUT2D eigenvalue weighted by Crippen LogP contribution is 2.14. The summed E-state index contributed by atoms with van der Waals surface area (Å²) < 4.78 is 13.0. The number of pyridine rings is 1. The molecular weight excluding hydrogens is 141 g/mol. The van der Waals surface area contributed by atoms with Crippen molar-refractivity contribution in [1.82, 2.24) is 4.98 Å². The van der Waals surface area contributed by atoms with Crippen molar-refractivity contribution in [3.05, 3.63) is 28.8 Å². The van der Waals surface area contributed by atoms with Gasteiger partial charge in [-0.1, -0.05) is 6.92 Å². The lowest BCUT2D eigenvalue weighted by Gasteiger charge is -2.05. The van der Waals surface area contributed by atoms with E-state index in [9.17, 15) is 4.39 Å². The second kappa shape index (κ2) is 2.99. The van der Waals surface area contributed by atoms with Crippen LogP contribution in [0.2, 0.25) is 0 Å². The van der Waals surface area contributed by atoms with Gasteiger partial charge in [-0.15, -0.1) is 0 Å². The third-order valence-electron chi connectivity index (χ3n) is 2.01. The first-order valence-electron chi connectivity index (χ1n) is 3.77. The number of aryl methyl sites for hydroxylation is 1. The molecule has 0 fully saturated rings. The first kappa shape index (κ1) is 8.18. The molecule has 0 amide bonds. The molecule has 0 unspecified atom stereocenters. The number of rotatable bonds is 1. The van der Waals surface area contributed by atoms with Crippen LogP contribution in [0.4, 0.5) is 4.39 Å². The summed E-state index contributed by atoms with van der Waals surface area (Å²) in [6.07, 6.45) is 2.03. The van der Waals surface area contributed by atoms with E-state index >= 15 is 0 Å². The minimum Gasteiger partial charge on any atom is -0.258 e. The van der Waals surface area contributed by atoms with Gasteiger partial charge in [0.1, 0.15) is 5.82 Å². The molecule has 0 bridgehead atoms. The molecule has 0 aromatic carbocycles. The minimum absolute atomic E-state index is 0.185. The van der Waals surface area contributed by atoms with Crippen LogP contribution >= 0.6 is 0 Å². The maximum Gasteiger partial charge on any atom is 0.144 e. The molecule has 0 aliphatic rings. The van der Waals surface area contributed by atoms with Crippen LogP contribution in [0.1, 0.15) is 23.7 Å². The second-order valence-corrected chi connectivity index (χ2v) is 2.65. The van der Waals surface area contributed by atoms with Gasteiger partial charge in [-0.2, -0.15) is 0 Å². The fraction of sp³-hybridized carbons (Fsp3) is 0.444. The van der Waals surface area contributed by atoms with E-state index < -0.39 is 0 Å². The summed E-state index contributed by atoms with van der Waals surface area (Å²) in [5.74, 6) is -0.185. The Morgan fingerprint density at radius 3 is 2.55 bits per heavy atom. The van der Waals surface area contributed by atoms with E-state index in [4.69, 9.17) is 0 Å². The summed E-state index contributed by atoms with van der Waals surface area (Å²) in [6.45, 7) is 5.75. The number of hydrogen-bond donors (Lipinski definition) is 0. The summed E-state index contributed by atoms with van der Waals surface area (Å²) in [6, 6.07) is 0. The summed E-state index contributed by atoms with van der Waals surface area (Å²) in [4.78, 5) is 3.91. The number of halogens is 1. The van der Waals surface area contributed by atoms with Crippen LogP contribution in [0.3, 0.4) is 0 Å². The molecule has 1 aromatic heterocycles. The molecule has 60 valence electrons. The lowest BCUT2D eigenvalue weighted by Crippen LogP contribution is -1.97. The van der Waals surface area contributed by atoms with E-state index in [1.54, 1.807) is 0 Å². The Kier molecular flexibility index (Phi) is 2.22. The molecule has 1 nitrogen and oxygen atoms in total. The molecule has 1 rings (SSSR count). The highest BCUT2D eigenvalue weighted by atomic mass is 19.1. The van der Waals surface area contributed by atoms with Crippen molar-refractivity contribution in [2.24, 2.45) is 0 Å². The minimum atomic E-state index is -0.185. The fourth-order valence-corrected chi connectivity index (χ4v) is 1.16. The number of nitrogens with zero attached hydrogens (tertiary/aromatic N) is 1. The predicted octanol–water partition coefficient (Wildman–Crippen LogP) is 2.40. The Labute approximate surface area is 66.3 Å². The van der Waals surface area contributed by atoms with Crippen LogP contribution < -0.4 is 0 Å². The summed E-state index contributed by atoms with van der Waals surface area (Å²) in [5.41, 5.74) is 2.69. The van der Waals surface area contributed by atoms with E-state index in [0.717, 1.165) is 23.2 Å². The molecule has 11 heavy (non-hydrogen) atoms. The van der Waals surface area contributed by atoms with Gasteiger partial charge in [0.25, 0.3) is 0 Å².